The molecule has 1 fully saturated rings. The minimum atomic E-state index is -0.0732. The van der Waals surface area contributed by atoms with Gasteiger partial charge in [0.05, 0.1) is 12.7 Å². The van der Waals surface area contributed by atoms with Crippen molar-refractivity contribution in [1.29, 1.82) is 0 Å². The van der Waals surface area contributed by atoms with Crippen LogP contribution in [0, 0.1) is 0 Å². The highest BCUT2D eigenvalue weighted by Gasteiger charge is 2.24. The Morgan fingerprint density at radius 2 is 2.43 bits per heavy atom. The molecular formula is C15H18N4O2. The first-order valence-electron chi connectivity index (χ1n) is 6.98. The van der Waals surface area contributed by atoms with E-state index in [0.29, 0.717) is 31.8 Å². The van der Waals surface area contributed by atoms with Crippen molar-refractivity contribution >= 4 is 5.91 Å². The lowest BCUT2D eigenvalue weighted by Gasteiger charge is -2.32. The standard InChI is InChI=1S/C15H18N4O2/c16-9-13-10-19(6-7-21-13)15(20)12-3-1-2-11(8-12)14-17-4-5-18-14/h1-5,8,13H,6-7,9-10,16H2,(H,17,18)/t13-/m0/s1. The smallest absolute Gasteiger partial charge is 0.254 e. The number of imidazole rings is 1. The third-order valence-corrected chi connectivity index (χ3v) is 3.57. The number of nitrogens with two attached hydrogens (primary N) is 1. The number of ether oxygens (including phenoxy) is 1. The summed E-state index contributed by atoms with van der Waals surface area (Å²) in [6.45, 7) is 2.10. The fourth-order valence-electron chi connectivity index (χ4n) is 2.45. The predicted octanol–water partition coefficient (Wildman–Crippen LogP) is 0.876. The van der Waals surface area contributed by atoms with E-state index in [1.807, 2.05) is 24.3 Å². The maximum Gasteiger partial charge on any atom is 0.254 e. The van der Waals surface area contributed by atoms with Gasteiger partial charge in [-0.25, -0.2) is 4.98 Å². The number of nitrogens with one attached hydrogen (secondary N) is 1. The molecule has 1 aromatic heterocycles. The highest BCUT2D eigenvalue weighted by atomic mass is 16.5. The molecule has 0 radical (unpaired) electrons. The Morgan fingerprint density at radius 1 is 1.52 bits per heavy atom. The molecule has 1 aromatic carbocycles. The maximum atomic E-state index is 12.6. The van der Waals surface area contributed by atoms with Crippen LogP contribution in [0.2, 0.25) is 0 Å². The molecular weight excluding hydrogens is 268 g/mol. The molecule has 0 bridgehead atoms. The predicted molar refractivity (Wildman–Crippen MR) is 78.7 cm³/mol. The van der Waals surface area contributed by atoms with E-state index < -0.39 is 0 Å². The van der Waals surface area contributed by atoms with E-state index in [2.05, 4.69) is 9.97 Å². The summed E-state index contributed by atoms with van der Waals surface area (Å²) < 4.78 is 5.49. The van der Waals surface area contributed by atoms with Crippen LogP contribution in [0.3, 0.4) is 0 Å². The summed E-state index contributed by atoms with van der Waals surface area (Å²) in [7, 11) is 0. The van der Waals surface area contributed by atoms with Crippen molar-refractivity contribution in [2.24, 2.45) is 5.73 Å². The van der Waals surface area contributed by atoms with Crippen LogP contribution in [0.25, 0.3) is 11.4 Å². The number of carbonyl (C=O) groups is 1. The number of aromatic amines is 1. The van der Waals surface area contributed by atoms with Gasteiger partial charge in [-0.05, 0) is 12.1 Å². The number of H-pyrrole nitrogens is 1. The number of amides is 1. The van der Waals surface area contributed by atoms with Gasteiger partial charge in [0.1, 0.15) is 5.82 Å². The van der Waals surface area contributed by atoms with E-state index in [9.17, 15) is 4.79 Å². The van der Waals surface area contributed by atoms with Crippen molar-refractivity contribution in [2.45, 2.75) is 6.10 Å². The van der Waals surface area contributed by atoms with Crippen LogP contribution in [0.5, 0.6) is 0 Å². The zero-order valence-corrected chi connectivity index (χ0v) is 11.7. The van der Waals surface area contributed by atoms with Gasteiger partial charge >= 0.3 is 0 Å². The summed E-state index contributed by atoms with van der Waals surface area (Å²) in [6.07, 6.45) is 3.38. The Balaban J connectivity index is 1.80. The van der Waals surface area contributed by atoms with Crippen molar-refractivity contribution < 1.29 is 9.53 Å². The van der Waals surface area contributed by atoms with Gasteiger partial charge in [-0.3, -0.25) is 4.79 Å². The van der Waals surface area contributed by atoms with Crippen LogP contribution in [0.4, 0.5) is 0 Å². The van der Waals surface area contributed by atoms with E-state index in [4.69, 9.17) is 10.5 Å². The van der Waals surface area contributed by atoms with Gasteiger partial charge in [0.15, 0.2) is 0 Å². The Morgan fingerprint density at radius 3 is 3.19 bits per heavy atom. The molecule has 1 aliphatic heterocycles. The minimum absolute atomic E-state index is 0.00477. The number of hydrogen-bond acceptors (Lipinski definition) is 4. The van der Waals surface area contributed by atoms with Crippen molar-refractivity contribution in [2.75, 3.05) is 26.2 Å². The van der Waals surface area contributed by atoms with E-state index in [1.54, 1.807) is 17.3 Å². The van der Waals surface area contributed by atoms with E-state index >= 15 is 0 Å². The highest BCUT2D eigenvalue weighted by molar-refractivity contribution is 5.95. The molecule has 2 heterocycles. The summed E-state index contributed by atoms with van der Waals surface area (Å²) in [6, 6.07) is 7.47. The summed E-state index contributed by atoms with van der Waals surface area (Å²) in [5, 5.41) is 0. The molecule has 3 N–H and O–H groups in total. The molecule has 0 spiro atoms. The van der Waals surface area contributed by atoms with E-state index in [-0.39, 0.29) is 12.0 Å². The number of hydrogen-bond donors (Lipinski definition) is 2. The van der Waals surface area contributed by atoms with Gasteiger partial charge in [0, 0.05) is 43.2 Å². The van der Waals surface area contributed by atoms with Gasteiger partial charge in [-0.1, -0.05) is 12.1 Å². The molecule has 0 unspecified atom stereocenters. The first kappa shape index (κ1) is 13.8. The lowest BCUT2D eigenvalue weighted by Crippen LogP contribution is -2.48. The van der Waals surface area contributed by atoms with Gasteiger partial charge in [0.2, 0.25) is 0 Å². The van der Waals surface area contributed by atoms with Gasteiger partial charge in [-0.2, -0.15) is 0 Å². The molecule has 6 nitrogen and oxygen atoms in total. The molecule has 1 amide bonds. The molecule has 6 heteroatoms. The van der Waals surface area contributed by atoms with Gasteiger partial charge in [0.25, 0.3) is 5.91 Å². The highest BCUT2D eigenvalue weighted by Crippen LogP contribution is 2.18. The lowest BCUT2D eigenvalue weighted by atomic mass is 10.1. The number of carbonyl (C=O) groups excluding carboxylic acids is 1. The maximum absolute atomic E-state index is 12.6. The average molecular weight is 286 g/mol. The first-order chi connectivity index (χ1) is 10.3. The van der Waals surface area contributed by atoms with E-state index in [0.717, 1.165) is 11.4 Å². The topological polar surface area (TPSA) is 84.2 Å². The van der Waals surface area contributed by atoms with Crippen LogP contribution >= 0.6 is 0 Å². The number of aromatic nitrogens is 2. The van der Waals surface area contributed by atoms with Crippen LogP contribution in [0.15, 0.2) is 36.7 Å². The van der Waals surface area contributed by atoms with Crippen molar-refractivity contribution in [3.63, 3.8) is 0 Å². The largest absolute Gasteiger partial charge is 0.373 e. The third-order valence-electron chi connectivity index (χ3n) is 3.57. The Hall–Kier alpha value is -2.18. The van der Waals surface area contributed by atoms with Gasteiger partial charge < -0.3 is 20.4 Å². The van der Waals surface area contributed by atoms with Crippen LogP contribution in [-0.4, -0.2) is 53.1 Å². The Labute approximate surface area is 122 Å². The number of nitrogens with zero attached hydrogens (tertiary/aromatic N) is 2. The number of morpholine rings is 1. The second kappa shape index (κ2) is 6.07. The van der Waals surface area contributed by atoms with Crippen LogP contribution < -0.4 is 5.73 Å². The molecule has 1 saturated heterocycles. The molecule has 21 heavy (non-hydrogen) atoms. The quantitative estimate of drug-likeness (QED) is 0.877. The first-order valence-corrected chi connectivity index (χ1v) is 6.98. The van der Waals surface area contributed by atoms with Crippen LogP contribution in [0.1, 0.15) is 10.4 Å². The normalized spacial score (nSPS) is 18.7. The second-order valence-electron chi connectivity index (χ2n) is 5.00. The fraction of sp³-hybridized carbons (Fsp3) is 0.333. The molecule has 2 aromatic rings. The zero-order valence-electron chi connectivity index (χ0n) is 11.7. The average Bonchev–Trinajstić information content (AvgIpc) is 3.09. The Kier molecular flexibility index (Phi) is 3.98. The summed E-state index contributed by atoms with van der Waals surface area (Å²) in [4.78, 5) is 21.6. The summed E-state index contributed by atoms with van der Waals surface area (Å²) in [5.41, 5.74) is 7.17. The lowest BCUT2D eigenvalue weighted by molar-refractivity contribution is -0.0167. The van der Waals surface area contributed by atoms with Crippen molar-refractivity contribution in [3.8, 4) is 11.4 Å². The van der Waals surface area contributed by atoms with E-state index in [1.165, 1.54) is 0 Å². The molecule has 110 valence electrons. The Bertz CT molecular complexity index is 612. The molecule has 1 aliphatic rings. The SMILES string of the molecule is NC[C@H]1CN(C(=O)c2cccc(-c3ncc[nH]3)c2)CCO1. The van der Waals surface area contributed by atoms with Crippen LogP contribution in [-0.2, 0) is 4.74 Å². The molecule has 3 rings (SSSR count). The number of benzene rings is 1. The minimum Gasteiger partial charge on any atom is -0.373 e. The second-order valence-corrected chi connectivity index (χ2v) is 5.00. The molecule has 0 saturated carbocycles. The summed E-state index contributed by atoms with van der Waals surface area (Å²) in [5.74, 6) is 0.761. The monoisotopic (exact) mass is 286 g/mol. The molecule has 0 aliphatic carbocycles. The summed E-state index contributed by atoms with van der Waals surface area (Å²) >= 11 is 0. The molecule has 1 atom stereocenters. The number of rotatable bonds is 3. The van der Waals surface area contributed by atoms with Gasteiger partial charge in [-0.15, -0.1) is 0 Å². The van der Waals surface area contributed by atoms with Crippen molar-refractivity contribution in [1.82, 2.24) is 14.9 Å². The van der Waals surface area contributed by atoms with Crippen molar-refractivity contribution in [3.05, 3.63) is 42.2 Å². The fourth-order valence-corrected chi connectivity index (χ4v) is 2.45. The zero-order chi connectivity index (χ0) is 14.7. The third kappa shape index (κ3) is 2.96.